The third-order valence-corrected chi connectivity index (χ3v) is 7.20. The molecule has 4 aromatic rings. The Morgan fingerprint density at radius 2 is 1.72 bits per heavy atom. The van der Waals surface area contributed by atoms with Gasteiger partial charge in [0.15, 0.2) is 5.76 Å². The van der Waals surface area contributed by atoms with Crippen LogP contribution in [0.1, 0.15) is 33.9 Å². The van der Waals surface area contributed by atoms with Crippen molar-refractivity contribution in [2.45, 2.75) is 19.9 Å². The number of aliphatic hydroxyl groups excluding tert-OH is 1. The number of aliphatic hydroxyl groups is 1. The summed E-state index contributed by atoms with van der Waals surface area (Å²) >= 11 is 1.26. The quantitative estimate of drug-likeness (QED) is 0.304. The van der Waals surface area contributed by atoms with Gasteiger partial charge in [-0.3, -0.25) is 14.5 Å². The zero-order valence-corrected chi connectivity index (χ0v) is 20.7. The Morgan fingerprint density at radius 3 is 2.42 bits per heavy atom. The molecular weight excluding hydrogens is 472 g/mol. The number of carbonyl (C=O) groups is 2. The molecule has 1 aromatic heterocycles. The van der Waals surface area contributed by atoms with Crippen LogP contribution < -0.4 is 9.64 Å². The molecule has 180 valence electrons. The van der Waals surface area contributed by atoms with Crippen LogP contribution in [0.2, 0.25) is 0 Å². The van der Waals surface area contributed by atoms with Crippen molar-refractivity contribution in [3.63, 3.8) is 0 Å². The van der Waals surface area contributed by atoms with E-state index in [-0.39, 0.29) is 5.57 Å². The van der Waals surface area contributed by atoms with Crippen LogP contribution in [-0.2, 0) is 4.79 Å². The molecule has 0 radical (unpaired) electrons. The van der Waals surface area contributed by atoms with E-state index >= 15 is 0 Å². The Kier molecular flexibility index (Phi) is 6.40. The second-order valence-corrected chi connectivity index (χ2v) is 9.31. The first kappa shape index (κ1) is 23.5. The number of Topliss-reactive ketones (excluding diaryl/α,β-unsaturated/α-hetero) is 1. The summed E-state index contributed by atoms with van der Waals surface area (Å²) in [5, 5.41) is 11.8. The van der Waals surface area contributed by atoms with E-state index in [4.69, 9.17) is 4.74 Å². The summed E-state index contributed by atoms with van der Waals surface area (Å²) in [6.45, 7) is 4.13. The second-order valence-electron chi connectivity index (χ2n) is 8.31. The first-order valence-electron chi connectivity index (χ1n) is 11.6. The predicted octanol–water partition coefficient (Wildman–Crippen LogP) is 6.30. The number of benzene rings is 3. The van der Waals surface area contributed by atoms with Crippen LogP contribution >= 0.6 is 11.3 Å². The molecule has 6 nitrogen and oxygen atoms in total. The fourth-order valence-corrected chi connectivity index (χ4v) is 5.41. The zero-order chi connectivity index (χ0) is 25.2. The number of rotatable bonds is 7. The Hall–Kier alpha value is -4.23. The average Bonchev–Trinajstić information content (AvgIpc) is 3.42. The van der Waals surface area contributed by atoms with Gasteiger partial charge in [0.1, 0.15) is 10.8 Å². The van der Waals surface area contributed by atoms with E-state index < -0.39 is 23.5 Å². The summed E-state index contributed by atoms with van der Waals surface area (Å²) in [6, 6.07) is 25.1. The average molecular weight is 497 g/mol. The standard InChI is InChI=1S/C29H24N2O4S/c1-3-35-22-16-10-13-20(17-22)24-23(26(33)29(34)31(24)21-14-8-5-9-15-21)25(32)27-18(2)30-28(36-27)19-11-6-4-7-12-19/h4-17,24,33H,3H2,1-2H3. The molecule has 0 saturated carbocycles. The third kappa shape index (κ3) is 4.18. The van der Waals surface area contributed by atoms with Crippen molar-refractivity contribution in [3.8, 4) is 16.3 Å². The molecule has 0 fully saturated rings. The topological polar surface area (TPSA) is 79.7 Å². The van der Waals surface area contributed by atoms with E-state index in [0.29, 0.717) is 39.2 Å². The summed E-state index contributed by atoms with van der Waals surface area (Å²) in [5.74, 6) is -0.969. The first-order valence-corrected chi connectivity index (χ1v) is 12.4. The van der Waals surface area contributed by atoms with Gasteiger partial charge >= 0.3 is 0 Å². The zero-order valence-electron chi connectivity index (χ0n) is 19.8. The van der Waals surface area contributed by atoms with Crippen LogP contribution in [0.15, 0.2) is 96.3 Å². The van der Waals surface area contributed by atoms with Crippen molar-refractivity contribution in [2.24, 2.45) is 0 Å². The lowest BCUT2D eigenvalue weighted by Gasteiger charge is -2.27. The Bertz CT molecular complexity index is 1460. The predicted molar refractivity (Wildman–Crippen MR) is 141 cm³/mol. The molecule has 1 amide bonds. The van der Waals surface area contributed by atoms with Crippen molar-refractivity contribution in [2.75, 3.05) is 11.5 Å². The van der Waals surface area contributed by atoms with Crippen molar-refractivity contribution in [1.82, 2.24) is 4.98 Å². The molecule has 0 saturated heterocycles. The lowest BCUT2D eigenvalue weighted by molar-refractivity contribution is -0.117. The molecular formula is C29H24N2O4S. The normalized spacial score (nSPS) is 15.4. The van der Waals surface area contributed by atoms with Crippen molar-refractivity contribution < 1.29 is 19.4 Å². The van der Waals surface area contributed by atoms with E-state index in [2.05, 4.69) is 4.98 Å². The maximum Gasteiger partial charge on any atom is 0.294 e. The van der Waals surface area contributed by atoms with Crippen LogP contribution in [0.25, 0.3) is 10.6 Å². The number of aromatic nitrogens is 1. The summed E-state index contributed by atoms with van der Waals surface area (Å²) in [5.41, 5.74) is 2.73. The molecule has 5 rings (SSSR count). The first-order chi connectivity index (χ1) is 17.5. The molecule has 36 heavy (non-hydrogen) atoms. The molecule has 2 heterocycles. The van der Waals surface area contributed by atoms with Crippen LogP contribution in [-0.4, -0.2) is 28.4 Å². The molecule has 0 aliphatic carbocycles. The van der Waals surface area contributed by atoms with Gasteiger partial charge in [0.25, 0.3) is 5.91 Å². The smallest absolute Gasteiger partial charge is 0.294 e. The van der Waals surface area contributed by atoms with Gasteiger partial charge in [-0.25, -0.2) is 4.98 Å². The number of aryl methyl sites for hydroxylation is 1. The van der Waals surface area contributed by atoms with E-state index in [1.54, 1.807) is 25.1 Å². The van der Waals surface area contributed by atoms with Crippen molar-refractivity contribution in [1.29, 1.82) is 0 Å². The minimum absolute atomic E-state index is 0.0314. The lowest BCUT2D eigenvalue weighted by atomic mass is 9.94. The van der Waals surface area contributed by atoms with Crippen LogP contribution in [0, 0.1) is 6.92 Å². The SMILES string of the molecule is CCOc1cccc(C2C(C(=O)c3sc(-c4ccccc4)nc3C)=C(O)C(=O)N2c2ccccc2)c1. The number of nitrogens with zero attached hydrogens (tertiary/aromatic N) is 2. The molecule has 1 atom stereocenters. The Morgan fingerprint density at radius 1 is 1.03 bits per heavy atom. The van der Waals surface area contributed by atoms with E-state index in [0.717, 1.165) is 5.56 Å². The molecule has 3 aromatic carbocycles. The summed E-state index contributed by atoms with van der Waals surface area (Å²) in [7, 11) is 0. The molecule has 1 aliphatic rings. The number of carbonyl (C=O) groups excluding carboxylic acids is 2. The van der Waals surface area contributed by atoms with Gasteiger partial charge in [-0.1, -0.05) is 60.7 Å². The van der Waals surface area contributed by atoms with Crippen LogP contribution in [0.5, 0.6) is 5.75 Å². The number of para-hydroxylation sites is 1. The molecule has 1 N–H and O–H groups in total. The van der Waals surface area contributed by atoms with Crippen LogP contribution in [0.3, 0.4) is 0 Å². The Labute approximate surface area is 213 Å². The fraction of sp³-hybridized carbons (Fsp3) is 0.138. The maximum atomic E-state index is 14.0. The third-order valence-electron chi connectivity index (χ3n) is 6.00. The van der Waals surface area contributed by atoms with E-state index in [1.807, 2.05) is 73.7 Å². The summed E-state index contributed by atoms with van der Waals surface area (Å²) < 4.78 is 5.68. The molecule has 0 spiro atoms. The second kappa shape index (κ2) is 9.79. The van der Waals surface area contributed by atoms with Gasteiger partial charge in [0.05, 0.1) is 28.8 Å². The summed E-state index contributed by atoms with van der Waals surface area (Å²) in [6.07, 6.45) is 0. The highest BCUT2D eigenvalue weighted by molar-refractivity contribution is 7.17. The fourth-order valence-electron chi connectivity index (χ4n) is 4.38. The number of anilines is 1. The van der Waals surface area contributed by atoms with Gasteiger partial charge in [-0.15, -0.1) is 11.3 Å². The van der Waals surface area contributed by atoms with Gasteiger partial charge in [0.2, 0.25) is 5.78 Å². The highest BCUT2D eigenvalue weighted by atomic mass is 32.1. The van der Waals surface area contributed by atoms with Crippen molar-refractivity contribution in [3.05, 3.63) is 112 Å². The van der Waals surface area contributed by atoms with Crippen LogP contribution in [0.4, 0.5) is 5.69 Å². The van der Waals surface area contributed by atoms with Crippen molar-refractivity contribution >= 4 is 28.7 Å². The molecule has 1 aliphatic heterocycles. The van der Waals surface area contributed by atoms with Gasteiger partial charge < -0.3 is 9.84 Å². The minimum atomic E-state index is -0.825. The highest BCUT2D eigenvalue weighted by Crippen LogP contribution is 2.43. The number of ketones is 1. The van der Waals surface area contributed by atoms with Gasteiger partial charge in [0, 0.05) is 11.3 Å². The minimum Gasteiger partial charge on any atom is -0.503 e. The molecule has 1 unspecified atom stereocenters. The largest absolute Gasteiger partial charge is 0.503 e. The number of thiazole rings is 1. The summed E-state index contributed by atoms with van der Waals surface area (Å²) in [4.78, 5) is 33.8. The number of ether oxygens (including phenoxy) is 1. The van der Waals surface area contributed by atoms with Gasteiger partial charge in [-0.2, -0.15) is 0 Å². The van der Waals surface area contributed by atoms with E-state index in [1.165, 1.54) is 16.2 Å². The number of hydrogen-bond donors (Lipinski definition) is 1. The Balaban J connectivity index is 1.63. The molecule has 7 heteroatoms. The number of amides is 1. The molecule has 0 bridgehead atoms. The van der Waals surface area contributed by atoms with Gasteiger partial charge in [-0.05, 0) is 43.7 Å². The maximum absolute atomic E-state index is 14.0. The van der Waals surface area contributed by atoms with E-state index in [9.17, 15) is 14.7 Å². The number of hydrogen-bond acceptors (Lipinski definition) is 6. The lowest BCUT2D eigenvalue weighted by Crippen LogP contribution is -2.31. The highest BCUT2D eigenvalue weighted by Gasteiger charge is 2.45. The monoisotopic (exact) mass is 496 g/mol.